The van der Waals surface area contributed by atoms with Gasteiger partial charge in [-0.25, -0.2) is 11.3 Å². The molecule has 5 nitrogen and oxygen atoms in total. The van der Waals surface area contributed by atoms with Gasteiger partial charge < -0.3 is 10.1 Å². The topological polar surface area (TPSA) is 52.7 Å². The van der Waals surface area contributed by atoms with Crippen LogP contribution in [0.3, 0.4) is 0 Å². The Morgan fingerprint density at radius 1 is 1.47 bits per heavy atom. The molecule has 17 heavy (non-hydrogen) atoms. The second kappa shape index (κ2) is 4.69. The molecule has 0 aromatic heterocycles. The largest absolute Gasteiger partial charge is 3.00 e. The molecular formula is C11H18N3O2Y+2. The predicted octanol–water partition coefficient (Wildman–Crippen LogP) is -0.318. The number of likely N-dealkylation sites (N-methyl/N-ethyl adjacent to an activating group) is 1. The Morgan fingerprint density at radius 2 is 2.06 bits per heavy atom. The van der Waals surface area contributed by atoms with Crippen molar-refractivity contribution in [2.24, 2.45) is 0 Å². The number of fused-ring (bicyclic) bond motifs is 1. The molecule has 3 unspecified atom stereocenters. The number of rotatable bonds is 2. The van der Waals surface area contributed by atoms with Crippen molar-refractivity contribution in [3.63, 3.8) is 0 Å². The van der Waals surface area contributed by atoms with Gasteiger partial charge in [-0.05, 0) is 32.9 Å². The summed E-state index contributed by atoms with van der Waals surface area (Å²) in [5, 5.41) is 6.60. The van der Waals surface area contributed by atoms with Crippen molar-refractivity contribution in [3.05, 3.63) is 0 Å². The van der Waals surface area contributed by atoms with Gasteiger partial charge in [0, 0.05) is 12.6 Å². The van der Waals surface area contributed by atoms with Gasteiger partial charge in [0.1, 0.15) is 5.54 Å². The first-order valence-corrected chi connectivity index (χ1v) is 5.57. The summed E-state index contributed by atoms with van der Waals surface area (Å²) in [7, 11) is 1.77. The van der Waals surface area contributed by atoms with Gasteiger partial charge in [0.15, 0.2) is 0 Å². The number of amides is 1. The van der Waals surface area contributed by atoms with Crippen LogP contribution in [0.5, 0.6) is 0 Å². The molecule has 1 N–H and O–H groups in total. The molecular weight excluding hydrogens is 295 g/mol. The summed E-state index contributed by atoms with van der Waals surface area (Å²) in [6, 6.07) is 0.200. The molecule has 0 saturated carbocycles. The van der Waals surface area contributed by atoms with Crippen LogP contribution >= 0.6 is 0 Å². The van der Waals surface area contributed by atoms with E-state index in [9.17, 15) is 9.59 Å². The first-order valence-electron chi connectivity index (χ1n) is 5.57. The van der Waals surface area contributed by atoms with Crippen molar-refractivity contribution in [1.82, 2.24) is 15.3 Å². The summed E-state index contributed by atoms with van der Waals surface area (Å²) in [6.45, 7) is 6.28. The van der Waals surface area contributed by atoms with E-state index in [1.165, 1.54) is 0 Å². The van der Waals surface area contributed by atoms with Gasteiger partial charge in [-0.2, -0.15) is 0 Å². The fourth-order valence-corrected chi connectivity index (χ4v) is 2.71. The average molecular weight is 313 g/mol. The minimum atomic E-state index is -0.800. The Balaban J connectivity index is 0.00000144. The molecule has 2 saturated heterocycles. The number of hydrogen-bond donors (Lipinski definition) is 1. The SMILES string of the molecule is CNC1(C)CN2C(C)CC(C)([C-]=O)N2C1=O.[Y+3]. The number of hydrogen-bond acceptors (Lipinski definition) is 4. The quantitative estimate of drug-likeness (QED) is 0.710. The first kappa shape index (κ1) is 15.2. The monoisotopic (exact) mass is 313 g/mol. The van der Waals surface area contributed by atoms with E-state index in [-0.39, 0.29) is 44.7 Å². The molecule has 0 aromatic rings. The third-order valence-corrected chi connectivity index (χ3v) is 3.84. The van der Waals surface area contributed by atoms with E-state index in [1.54, 1.807) is 19.0 Å². The molecule has 0 aliphatic carbocycles. The number of hydrazine groups is 1. The smallest absolute Gasteiger partial charge is 0.540 e. The van der Waals surface area contributed by atoms with E-state index < -0.39 is 11.1 Å². The van der Waals surface area contributed by atoms with Crippen LogP contribution in [0.2, 0.25) is 0 Å². The second-order valence-corrected chi connectivity index (χ2v) is 5.23. The van der Waals surface area contributed by atoms with Crippen LogP contribution in [-0.4, -0.2) is 52.9 Å². The van der Waals surface area contributed by atoms with E-state index >= 15 is 0 Å². The van der Waals surface area contributed by atoms with Gasteiger partial charge >= 0.3 is 32.7 Å². The van der Waals surface area contributed by atoms with Crippen molar-refractivity contribution in [2.75, 3.05) is 13.6 Å². The van der Waals surface area contributed by atoms with Crippen LogP contribution in [0, 0.1) is 0 Å². The van der Waals surface area contributed by atoms with Crippen LogP contribution in [0.1, 0.15) is 27.2 Å². The minimum absolute atomic E-state index is 0. The molecule has 2 rings (SSSR count). The van der Waals surface area contributed by atoms with Gasteiger partial charge in [0.05, 0.1) is 0 Å². The Hall–Kier alpha value is 0.164. The number of nitrogens with zero attached hydrogens (tertiary/aromatic N) is 2. The predicted molar refractivity (Wildman–Crippen MR) is 59.2 cm³/mol. The summed E-state index contributed by atoms with van der Waals surface area (Å²) in [4.78, 5) is 23.4. The molecule has 2 heterocycles. The standard InChI is InChI=1S/C11H18N3O2.Y/c1-8-5-10(2,7-15)14-9(16)11(3,12-4)6-13(8)14;/h8,12H,5-6H2,1-4H3;/q-1;+3. The molecule has 3 atom stereocenters. The molecule has 6 heteroatoms. The average Bonchev–Trinajstić information content (AvgIpc) is 2.65. The molecule has 0 aromatic carbocycles. The van der Waals surface area contributed by atoms with Crippen LogP contribution in [0.4, 0.5) is 0 Å². The summed E-state index contributed by atoms with van der Waals surface area (Å²) >= 11 is 0. The van der Waals surface area contributed by atoms with E-state index in [0.717, 1.165) is 0 Å². The molecule has 2 fully saturated rings. The fourth-order valence-electron chi connectivity index (χ4n) is 2.71. The van der Waals surface area contributed by atoms with Crippen molar-refractivity contribution >= 4 is 12.2 Å². The van der Waals surface area contributed by atoms with Crippen LogP contribution in [0.15, 0.2) is 0 Å². The van der Waals surface area contributed by atoms with E-state index in [2.05, 4.69) is 5.32 Å². The van der Waals surface area contributed by atoms with E-state index in [0.29, 0.717) is 13.0 Å². The molecule has 2 aliphatic rings. The Kier molecular flexibility index (Phi) is 4.20. The molecule has 1 amide bonds. The zero-order chi connectivity index (χ0) is 12.1. The van der Waals surface area contributed by atoms with Gasteiger partial charge in [-0.1, -0.05) is 6.92 Å². The van der Waals surface area contributed by atoms with Gasteiger partial charge in [-0.15, -0.1) is 0 Å². The zero-order valence-corrected chi connectivity index (χ0v) is 13.6. The molecule has 0 radical (unpaired) electrons. The summed E-state index contributed by atoms with van der Waals surface area (Å²) in [6.07, 6.45) is 2.67. The Morgan fingerprint density at radius 3 is 2.53 bits per heavy atom. The second-order valence-electron chi connectivity index (χ2n) is 5.23. The van der Waals surface area contributed by atoms with Crippen LogP contribution < -0.4 is 5.32 Å². The molecule has 90 valence electrons. The van der Waals surface area contributed by atoms with Crippen LogP contribution in [-0.2, 0) is 42.3 Å². The maximum absolute atomic E-state index is 12.3. The molecule has 2 aliphatic heterocycles. The van der Waals surface area contributed by atoms with Crippen molar-refractivity contribution < 1.29 is 42.3 Å². The zero-order valence-electron chi connectivity index (χ0n) is 10.8. The van der Waals surface area contributed by atoms with Crippen molar-refractivity contribution in [3.8, 4) is 0 Å². The minimum Gasteiger partial charge on any atom is -0.540 e. The third kappa shape index (κ3) is 2.01. The Bertz CT molecular complexity index is 352. The van der Waals surface area contributed by atoms with E-state index in [1.807, 2.05) is 25.1 Å². The number of carbonyl (C=O) groups excluding carboxylic acids is 2. The summed E-state index contributed by atoms with van der Waals surface area (Å²) < 4.78 is 0. The van der Waals surface area contributed by atoms with Crippen molar-refractivity contribution in [2.45, 2.75) is 44.3 Å². The van der Waals surface area contributed by atoms with Crippen molar-refractivity contribution in [1.29, 1.82) is 0 Å². The maximum Gasteiger partial charge on any atom is 3.00 e. The first-order chi connectivity index (χ1) is 7.38. The normalized spacial score (nSPS) is 41.3. The van der Waals surface area contributed by atoms with Gasteiger partial charge in [0.25, 0.3) is 5.91 Å². The van der Waals surface area contributed by atoms with E-state index in [4.69, 9.17) is 0 Å². The summed E-state index contributed by atoms with van der Waals surface area (Å²) in [5.41, 5.74) is -1.39. The molecule has 0 spiro atoms. The fraction of sp³-hybridized carbons (Fsp3) is 0.818. The number of nitrogens with one attached hydrogen (secondary N) is 1. The van der Waals surface area contributed by atoms with Gasteiger partial charge in [-0.3, -0.25) is 9.80 Å². The third-order valence-electron chi connectivity index (χ3n) is 3.84. The Labute approximate surface area is 127 Å². The summed E-state index contributed by atoms with van der Waals surface area (Å²) in [5.74, 6) is -0.0369. The molecule has 0 bridgehead atoms. The van der Waals surface area contributed by atoms with Crippen LogP contribution in [0.25, 0.3) is 0 Å². The number of carbonyl (C=O) groups is 1. The van der Waals surface area contributed by atoms with Gasteiger partial charge in [0.2, 0.25) is 0 Å². The maximum atomic E-state index is 12.3.